The van der Waals surface area contributed by atoms with Gasteiger partial charge in [0.05, 0.1) is 10.6 Å². The van der Waals surface area contributed by atoms with Gasteiger partial charge in [-0.1, -0.05) is 23.7 Å². The highest BCUT2D eigenvalue weighted by Gasteiger charge is 2.05. The van der Waals surface area contributed by atoms with Crippen molar-refractivity contribution in [1.29, 1.82) is 0 Å². The summed E-state index contributed by atoms with van der Waals surface area (Å²) in [5.74, 6) is -0.188. The van der Waals surface area contributed by atoms with E-state index in [-0.39, 0.29) is 5.91 Å². The molecule has 0 saturated heterocycles. The number of carbonyl (C=O) groups is 1. The predicted octanol–water partition coefficient (Wildman–Crippen LogP) is 1.50. The number of carbonyl (C=O) groups excluding carboxylic acids is 1. The Bertz CT molecular complexity index is 273. The minimum Gasteiger partial charge on any atom is -0.355 e. The first-order chi connectivity index (χ1) is 5.25. The van der Waals surface area contributed by atoms with Gasteiger partial charge in [0.2, 0.25) is 0 Å². The number of amides is 1. The summed E-state index contributed by atoms with van der Waals surface area (Å²) < 4.78 is 0. The van der Waals surface area contributed by atoms with Crippen molar-refractivity contribution >= 4 is 17.5 Å². The molecule has 0 aliphatic rings. The van der Waals surface area contributed by atoms with Gasteiger partial charge in [-0.3, -0.25) is 4.79 Å². The van der Waals surface area contributed by atoms with Crippen molar-refractivity contribution in [3.63, 3.8) is 0 Å². The maximum Gasteiger partial charge on any atom is 0.252 e. The fourth-order valence-electron chi connectivity index (χ4n) is 0.727. The Balaban J connectivity index is 3.03. The molecule has 0 spiro atoms. The molecule has 0 aliphatic heterocycles. The van der Waals surface area contributed by atoms with Gasteiger partial charge in [0.25, 0.3) is 5.91 Å². The summed E-state index contributed by atoms with van der Waals surface area (Å²) in [5.41, 5.74) is 0.455. The van der Waals surface area contributed by atoms with Gasteiger partial charge in [-0.2, -0.15) is 0 Å². The van der Waals surface area contributed by atoms with Gasteiger partial charge < -0.3 is 5.32 Å². The van der Waals surface area contributed by atoms with Gasteiger partial charge in [0.1, 0.15) is 0 Å². The second-order valence-electron chi connectivity index (χ2n) is 1.98. The Morgan fingerprint density at radius 3 is 3.00 bits per heavy atom. The molecule has 1 N–H and O–H groups in total. The minimum absolute atomic E-state index is 0.188. The summed E-state index contributed by atoms with van der Waals surface area (Å²) in [6.07, 6.45) is 0. The molecule has 0 heterocycles. The van der Waals surface area contributed by atoms with Gasteiger partial charge in [-0.25, -0.2) is 0 Å². The molecule has 0 fully saturated rings. The van der Waals surface area contributed by atoms with E-state index in [2.05, 4.69) is 11.4 Å². The van der Waals surface area contributed by atoms with Crippen LogP contribution in [-0.4, -0.2) is 13.0 Å². The van der Waals surface area contributed by atoms with Crippen molar-refractivity contribution < 1.29 is 4.79 Å². The lowest BCUT2D eigenvalue weighted by molar-refractivity contribution is 0.0963. The normalized spacial score (nSPS) is 9.27. The zero-order valence-corrected chi connectivity index (χ0v) is 6.77. The maximum absolute atomic E-state index is 11.0. The first-order valence-electron chi connectivity index (χ1n) is 3.14. The van der Waals surface area contributed by atoms with Crippen LogP contribution in [0.15, 0.2) is 18.2 Å². The Kier molecular flexibility index (Phi) is 2.49. The highest BCUT2D eigenvalue weighted by molar-refractivity contribution is 6.33. The molecule has 1 aromatic rings. The second-order valence-corrected chi connectivity index (χ2v) is 2.35. The molecule has 1 aromatic carbocycles. The van der Waals surface area contributed by atoms with E-state index in [4.69, 9.17) is 11.6 Å². The van der Waals surface area contributed by atoms with Crippen LogP contribution in [-0.2, 0) is 0 Å². The fraction of sp³-hybridized carbons (Fsp3) is 0.125. The molecule has 0 saturated carbocycles. The Morgan fingerprint density at radius 2 is 2.45 bits per heavy atom. The molecular formula is C8H7ClNO. The molecule has 0 atom stereocenters. The highest BCUT2D eigenvalue weighted by atomic mass is 35.5. The average Bonchev–Trinajstić information content (AvgIpc) is 2.04. The molecule has 0 bridgehead atoms. The average molecular weight is 169 g/mol. The van der Waals surface area contributed by atoms with Crippen molar-refractivity contribution in [2.45, 2.75) is 0 Å². The molecule has 2 nitrogen and oxygen atoms in total. The van der Waals surface area contributed by atoms with Gasteiger partial charge in [0.15, 0.2) is 0 Å². The van der Waals surface area contributed by atoms with E-state index in [1.807, 2.05) is 0 Å². The largest absolute Gasteiger partial charge is 0.355 e. The summed E-state index contributed by atoms with van der Waals surface area (Å²) >= 11 is 5.68. The van der Waals surface area contributed by atoms with Crippen LogP contribution in [0.3, 0.4) is 0 Å². The first kappa shape index (κ1) is 8.08. The monoisotopic (exact) mass is 168 g/mol. The highest BCUT2D eigenvalue weighted by Crippen LogP contribution is 2.13. The summed E-state index contributed by atoms with van der Waals surface area (Å²) in [6.45, 7) is 0. The van der Waals surface area contributed by atoms with Crippen LogP contribution in [0.25, 0.3) is 0 Å². The number of hydrogen-bond donors (Lipinski definition) is 1. The quantitative estimate of drug-likeness (QED) is 0.677. The molecule has 1 rings (SSSR count). The van der Waals surface area contributed by atoms with E-state index in [1.54, 1.807) is 25.2 Å². The molecule has 0 aliphatic carbocycles. The summed E-state index contributed by atoms with van der Waals surface area (Å²) in [7, 11) is 1.56. The summed E-state index contributed by atoms with van der Waals surface area (Å²) in [6, 6.07) is 7.75. The van der Waals surface area contributed by atoms with E-state index in [0.29, 0.717) is 10.6 Å². The number of nitrogens with one attached hydrogen (secondary N) is 1. The third kappa shape index (κ3) is 1.71. The molecule has 0 aromatic heterocycles. The first-order valence-corrected chi connectivity index (χ1v) is 3.52. The fourth-order valence-corrected chi connectivity index (χ4v) is 0.938. The van der Waals surface area contributed by atoms with E-state index >= 15 is 0 Å². The Morgan fingerprint density at radius 1 is 1.73 bits per heavy atom. The standard InChI is InChI=1S/C8H7ClNO/c1-10-8(11)6-4-2-3-5-7(6)9/h2-4H,1H3,(H,10,11). The van der Waals surface area contributed by atoms with Crippen LogP contribution in [0.4, 0.5) is 0 Å². The molecule has 11 heavy (non-hydrogen) atoms. The number of halogens is 1. The number of hydrogen-bond acceptors (Lipinski definition) is 1. The molecule has 57 valence electrons. The summed E-state index contributed by atoms with van der Waals surface area (Å²) in [4.78, 5) is 11.0. The van der Waals surface area contributed by atoms with Crippen molar-refractivity contribution in [2.24, 2.45) is 0 Å². The van der Waals surface area contributed by atoms with E-state index in [9.17, 15) is 4.79 Å². The van der Waals surface area contributed by atoms with Crippen LogP contribution >= 0.6 is 11.6 Å². The van der Waals surface area contributed by atoms with E-state index in [0.717, 1.165) is 0 Å². The number of rotatable bonds is 1. The second kappa shape index (κ2) is 3.39. The molecule has 1 radical (unpaired) electrons. The minimum atomic E-state index is -0.188. The third-order valence-corrected chi connectivity index (χ3v) is 1.59. The SMILES string of the molecule is CNC(=O)c1ccc[c]c1Cl. The van der Waals surface area contributed by atoms with Crippen molar-refractivity contribution in [1.82, 2.24) is 5.32 Å². The zero-order valence-electron chi connectivity index (χ0n) is 6.02. The van der Waals surface area contributed by atoms with Crippen LogP contribution in [0.2, 0.25) is 5.02 Å². The van der Waals surface area contributed by atoms with Gasteiger partial charge in [-0.05, 0) is 6.07 Å². The topological polar surface area (TPSA) is 29.1 Å². The van der Waals surface area contributed by atoms with Crippen LogP contribution < -0.4 is 5.32 Å². The molecule has 3 heteroatoms. The van der Waals surface area contributed by atoms with Crippen LogP contribution in [0, 0.1) is 6.07 Å². The zero-order chi connectivity index (χ0) is 8.27. The Hall–Kier alpha value is -1.02. The Labute approximate surface area is 70.2 Å². The lowest BCUT2D eigenvalue weighted by atomic mass is 10.2. The lowest BCUT2D eigenvalue weighted by Crippen LogP contribution is -2.17. The van der Waals surface area contributed by atoms with Crippen molar-refractivity contribution in [2.75, 3.05) is 7.05 Å². The lowest BCUT2D eigenvalue weighted by Gasteiger charge is -1.99. The molecule has 1 amide bonds. The molecular weight excluding hydrogens is 162 g/mol. The predicted molar refractivity (Wildman–Crippen MR) is 43.7 cm³/mol. The van der Waals surface area contributed by atoms with Crippen LogP contribution in [0.1, 0.15) is 10.4 Å². The van der Waals surface area contributed by atoms with Crippen molar-refractivity contribution in [3.8, 4) is 0 Å². The van der Waals surface area contributed by atoms with E-state index in [1.165, 1.54) is 0 Å². The maximum atomic E-state index is 11.0. The summed E-state index contributed by atoms with van der Waals surface area (Å²) in [5, 5.41) is 2.83. The van der Waals surface area contributed by atoms with Gasteiger partial charge in [-0.15, -0.1) is 0 Å². The van der Waals surface area contributed by atoms with E-state index < -0.39 is 0 Å². The van der Waals surface area contributed by atoms with Crippen LogP contribution in [0.5, 0.6) is 0 Å². The van der Waals surface area contributed by atoms with Gasteiger partial charge >= 0.3 is 0 Å². The smallest absolute Gasteiger partial charge is 0.252 e. The third-order valence-electron chi connectivity index (χ3n) is 1.28. The van der Waals surface area contributed by atoms with Gasteiger partial charge in [0, 0.05) is 13.1 Å². The van der Waals surface area contributed by atoms with Crippen molar-refractivity contribution in [3.05, 3.63) is 34.9 Å². The number of benzene rings is 1. The molecule has 0 unspecified atom stereocenters.